The lowest BCUT2D eigenvalue weighted by molar-refractivity contribution is 0.0625. The van der Waals surface area contributed by atoms with E-state index >= 15 is 0 Å². The van der Waals surface area contributed by atoms with E-state index < -0.39 is 0 Å². The minimum absolute atomic E-state index is 0.0286. The Hall–Kier alpha value is -1.63. The van der Waals surface area contributed by atoms with Crippen molar-refractivity contribution < 1.29 is 9.53 Å². The average Bonchev–Trinajstić information content (AvgIpc) is 3.00. The van der Waals surface area contributed by atoms with Gasteiger partial charge in [0.15, 0.2) is 0 Å². The molecule has 24 heavy (non-hydrogen) atoms. The molecule has 0 aliphatic carbocycles. The molecule has 0 unspecified atom stereocenters. The van der Waals surface area contributed by atoms with Crippen molar-refractivity contribution in [3.63, 3.8) is 0 Å². The third kappa shape index (κ3) is 3.88. The highest BCUT2D eigenvalue weighted by Crippen LogP contribution is 2.24. The lowest BCUT2D eigenvalue weighted by Gasteiger charge is -2.34. The molecular weight excluding hydrogens is 346 g/mol. The van der Waals surface area contributed by atoms with Gasteiger partial charge in [-0.15, -0.1) is 11.3 Å². The van der Waals surface area contributed by atoms with Crippen LogP contribution in [0.1, 0.15) is 21.1 Å². The van der Waals surface area contributed by atoms with Crippen molar-refractivity contribution in [2.75, 3.05) is 33.3 Å². The van der Waals surface area contributed by atoms with Crippen LogP contribution in [0.3, 0.4) is 0 Å². The number of ether oxygens (including phenoxy) is 1. The van der Waals surface area contributed by atoms with E-state index in [0.29, 0.717) is 29.4 Å². The number of carbonyl (C=O) groups is 1. The largest absolute Gasteiger partial charge is 0.496 e. The van der Waals surface area contributed by atoms with Crippen molar-refractivity contribution in [3.05, 3.63) is 44.9 Å². The third-order valence-corrected chi connectivity index (χ3v) is 5.26. The number of hydrogen-bond donors (Lipinski definition) is 0. The first kappa shape index (κ1) is 17.2. The Morgan fingerprint density at radius 1 is 1.33 bits per heavy atom. The molecule has 128 valence electrons. The van der Waals surface area contributed by atoms with Gasteiger partial charge >= 0.3 is 0 Å². The van der Waals surface area contributed by atoms with Crippen LogP contribution in [0.25, 0.3) is 0 Å². The quantitative estimate of drug-likeness (QED) is 0.835. The number of carbonyl (C=O) groups excluding carboxylic acids is 1. The second kappa shape index (κ2) is 7.51. The Labute approximate surface area is 150 Å². The molecule has 1 saturated heterocycles. The Balaban J connectivity index is 1.62. The van der Waals surface area contributed by atoms with Crippen molar-refractivity contribution in [3.8, 4) is 5.75 Å². The summed E-state index contributed by atoms with van der Waals surface area (Å²) in [6.45, 7) is 5.92. The minimum Gasteiger partial charge on any atom is -0.496 e. The highest BCUT2D eigenvalue weighted by atomic mass is 35.5. The number of amides is 1. The second-order valence-electron chi connectivity index (χ2n) is 5.80. The van der Waals surface area contributed by atoms with Gasteiger partial charge in [0.25, 0.3) is 5.91 Å². The molecule has 2 aromatic rings. The van der Waals surface area contributed by atoms with Gasteiger partial charge in [0.05, 0.1) is 19.2 Å². The number of aryl methyl sites for hydroxylation is 1. The molecule has 1 amide bonds. The number of hydrogen-bond acceptors (Lipinski definition) is 5. The Morgan fingerprint density at radius 2 is 2.08 bits per heavy atom. The van der Waals surface area contributed by atoms with E-state index in [1.165, 1.54) is 0 Å². The molecule has 1 aromatic heterocycles. The summed E-state index contributed by atoms with van der Waals surface area (Å²) in [5, 5.41) is 3.74. The number of benzene rings is 1. The van der Waals surface area contributed by atoms with E-state index in [-0.39, 0.29) is 5.91 Å². The highest BCUT2D eigenvalue weighted by Gasteiger charge is 2.24. The van der Waals surface area contributed by atoms with Crippen LogP contribution in [0.4, 0.5) is 0 Å². The van der Waals surface area contributed by atoms with Gasteiger partial charge in [-0.3, -0.25) is 9.69 Å². The van der Waals surface area contributed by atoms with Gasteiger partial charge in [-0.25, -0.2) is 4.98 Å². The zero-order valence-electron chi connectivity index (χ0n) is 13.8. The predicted octanol–water partition coefficient (Wildman–Crippen LogP) is 3.07. The van der Waals surface area contributed by atoms with Crippen molar-refractivity contribution >= 4 is 28.8 Å². The van der Waals surface area contributed by atoms with Gasteiger partial charge < -0.3 is 9.64 Å². The summed E-state index contributed by atoms with van der Waals surface area (Å²) in [5.41, 5.74) is 1.59. The Kier molecular flexibility index (Phi) is 5.38. The number of thiazole rings is 1. The number of rotatable bonds is 4. The minimum atomic E-state index is -0.0286. The van der Waals surface area contributed by atoms with Crippen LogP contribution < -0.4 is 4.74 Å². The lowest BCUT2D eigenvalue weighted by Crippen LogP contribution is -2.48. The van der Waals surface area contributed by atoms with Crippen LogP contribution in [-0.2, 0) is 6.54 Å². The molecule has 0 atom stereocenters. The third-order valence-electron chi connectivity index (χ3n) is 4.08. The maximum Gasteiger partial charge on any atom is 0.257 e. The summed E-state index contributed by atoms with van der Waals surface area (Å²) < 4.78 is 5.29. The number of halogens is 1. The van der Waals surface area contributed by atoms with Crippen molar-refractivity contribution in [1.82, 2.24) is 14.8 Å². The summed E-state index contributed by atoms with van der Waals surface area (Å²) in [5.74, 6) is 0.532. The maximum absolute atomic E-state index is 12.8. The Bertz CT molecular complexity index is 726. The first-order valence-electron chi connectivity index (χ1n) is 7.83. The van der Waals surface area contributed by atoms with E-state index in [4.69, 9.17) is 16.3 Å². The normalized spacial score (nSPS) is 15.5. The zero-order chi connectivity index (χ0) is 17.1. The monoisotopic (exact) mass is 365 g/mol. The molecule has 0 radical (unpaired) electrons. The fraction of sp³-hybridized carbons (Fsp3) is 0.412. The summed E-state index contributed by atoms with van der Waals surface area (Å²) in [6, 6.07) is 5.13. The van der Waals surface area contributed by atoms with Gasteiger partial charge in [-0.1, -0.05) is 11.6 Å². The Morgan fingerprint density at radius 3 is 2.71 bits per heavy atom. The average molecular weight is 366 g/mol. The predicted molar refractivity (Wildman–Crippen MR) is 96.0 cm³/mol. The number of methoxy groups -OCH3 is 1. The van der Waals surface area contributed by atoms with Gasteiger partial charge in [0, 0.05) is 42.3 Å². The zero-order valence-corrected chi connectivity index (χ0v) is 15.4. The van der Waals surface area contributed by atoms with E-state index in [0.717, 1.165) is 30.3 Å². The second-order valence-corrected chi connectivity index (χ2v) is 7.17. The molecule has 7 heteroatoms. The molecular formula is C17H20ClN3O2S. The molecule has 1 aliphatic heterocycles. The van der Waals surface area contributed by atoms with Gasteiger partial charge in [-0.05, 0) is 25.1 Å². The fourth-order valence-corrected chi connectivity index (χ4v) is 3.78. The van der Waals surface area contributed by atoms with Crippen LogP contribution in [0, 0.1) is 6.92 Å². The lowest BCUT2D eigenvalue weighted by atomic mass is 10.1. The van der Waals surface area contributed by atoms with Crippen LogP contribution in [0.5, 0.6) is 5.75 Å². The van der Waals surface area contributed by atoms with Crippen LogP contribution in [-0.4, -0.2) is 54.0 Å². The van der Waals surface area contributed by atoms with Crippen molar-refractivity contribution in [2.24, 2.45) is 0 Å². The topological polar surface area (TPSA) is 45.7 Å². The first-order chi connectivity index (χ1) is 11.6. The summed E-state index contributed by atoms with van der Waals surface area (Å²) in [6.07, 6.45) is 0. The molecule has 0 spiro atoms. The standard InChI is InChI=1S/C17H20ClN3O2S/c1-12-11-24-16(19-12)10-20-5-7-21(8-6-20)17(22)14-9-13(18)3-4-15(14)23-2/h3-4,9,11H,5-8,10H2,1-2H3. The van der Waals surface area contributed by atoms with E-state index in [2.05, 4.69) is 15.3 Å². The van der Waals surface area contributed by atoms with Crippen LogP contribution in [0.2, 0.25) is 5.02 Å². The molecule has 3 rings (SSSR count). The molecule has 5 nitrogen and oxygen atoms in total. The first-order valence-corrected chi connectivity index (χ1v) is 9.09. The SMILES string of the molecule is COc1ccc(Cl)cc1C(=O)N1CCN(Cc2nc(C)cs2)CC1. The van der Waals surface area contributed by atoms with Gasteiger partial charge in [0.2, 0.25) is 0 Å². The van der Waals surface area contributed by atoms with Crippen molar-refractivity contribution in [1.29, 1.82) is 0 Å². The van der Waals surface area contributed by atoms with Crippen LogP contribution >= 0.6 is 22.9 Å². The summed E-state index contributed by atoms with van der Waals surface area (Å²) in [4.78, 5) is 21.5. The summed E-state index contributed by atoms with van der Waals surface area (Å²) >= 11 is 7.72. The van der Waals surface area contributed by atoms with E-state index in [1.54, 1.807) is 36.6 Å². The number of nitrogens with zero attached hydrogens (tertiary/aromatic N) is 3. The fourth-order valence-electron chi connectivity index (χ4n) is 2.79. The molecule has 2 heterocycles. The van der Waals surface area contributed by atoms with Gasteiger partial charge in [0.1, 0.15) is 10.8 Å². The van der Waals surface area contributed by atoms with Gasteiger partial charge in [-0.2, -0.15) is 0 Å². The van der Waals surface area contributed by atoms with Crippen molar-refractivity contribution in [2.45, 2.75) is 13.5 Å². The number of piperazine rings is 1. The highest BCUT2D eigenvalue weighted by molar-refractivity contribution is 7.09. The summed E-state index contributed by atoms with van der Waals surface area (Å²) in [7, 11) is 1.56. The smallest absolute Gasteiger partial charge is 0.257 e. The van der Waals surface area contributed by atoms with E-state index in [1.807, 2.05) is 11.8 Å². The number of aromatic nitrogens is 1. The molecule has 1 aliphatic rings. The maximum atomic E-state index is 12.8. The van der Waals surface area contributed by atoms with E-state index in [9.17, 15) is 4.79 Å². The molecule has 0 N–H and O–H groups in total. The molecule has 1 aromatic carbocycles. The molecule has 0 saturated carbocycles. The molecule has 1 fully saturated rings. The molecule has 0 bridgehead atoms. The van der Waals surface area contributed by atoms with Crippen LogP contribution in [0.15, 0.2) is 23.6 Å².